The second-order valence-electron chi connectivity index (χ2n) is 3.84. The van der Waals surface area contributed by atoms with Crippen LogP contribution in [0, 0.1) is 6.92 Å². The lowest BCUT2D eigenvalue weighted by Crippen LogP contribution is -2.01. The Morgan fingerprint density at radius 3 is 2.79 bits per heavy atom. The third kappa shape index (κ3) is 3.23. The Bertz CT molecular complexity index is 594. The lowest BCUT2D eigenvalue weighted by Gasteiger charge is -2.10. The van der Waals surface area contributed by atoms with E-state index in [4.69, 9.17) is 14.6 Å². The van der Waals surface area contributed by atoms with Crippen molar-refractivity contribution < 1.29 is 19.4 Å². The predicted octanol–water partition coefficient (Wildman–Crippen LogP) is 2.74. The molecular formula is C13H13NO4S. The predicted molar refractivity (Wildman–Crippen MR) is 71.1 cm³/mol. The summed E-state index contributed by atoms with van der Waals surface area (Å²) in [5, 5.41) is 11.7. The van der Waals surface area contributed by atoms with Gasteiger partial charge in [0.25, 0.3) is 0 Å². The van der Waals surface area contributed by atoms with Crippen LogP contribution < -0.4 is 9.47 Å². The van der Waals surface area contributed by atoms with E-state index in [1.165, 1.54) is 30.6 Å². The Morgan fingerprint density at radius 2 is 2.21 bits per heavy atom. The van der Waals surface area contributed by atoms with Gasteiger partial charge in [-0.15, -0.1) is 11.3 Å². The van der Waals surface area contributed by atoms with E-state index in [0.717, 1.165) is 10.7 Å². The van der Waals surface area contributed by atoms with Crippen molar-refractivity contribution in [3.63, 3.8) is 0 Å². The maximum Gasteiger partial charge on any atom is 0.335 e. The van der Waals surface area contributed by atoms with Gasteiger partial charge in [0.1, 0.15) is 11.6 Å². The fourth-order valence-electron chi connectivity index (χ4n) is 1.53. The molecule has 0 spiro atoms. The number of hydrogen-bond donors (Lipinski definition) is 1. The molecule has 0 aliphatic heterocycles. The third-order valence-corrected chi connectivity index (χ3v) is 3.37. The molecule has 5 nitrogen and oxygen atoms in total. The zero-order chi connectivity index (χ0) is 13.8. The van der Waals surface area contributed by atoms with Gasteiger partial charge in [0.05, 0.1) is 12.7 Å². The number of nitrogens with zero attached hydrogens (tertiary/aromatic N) is 1. The molecule has 6 heteroatoms. The average molecular weight is 279 g/mol. The number of aryl methyl sites for hydroxylation is 1. The van der Waals surface area contributed by atoms with E-state index in [1.54, 1.807) is 6.07 Å². The first-order valence-electron chi connectivity index (χ1n) is 5.55. The second-order valence-corrected chi connectivity index (χ2v) is 4.78. The maximum absolute atomic E-state index is 10.9. The Morgan fingerprint density at radius 1 is 1.42 bits per heavy atom. The molecule has 0 amide bonds. The first kappa shape index (κ1) is 13.4. The topological polar surface area (TPSA) is 68.7 Å². The van der Waals surface area contributed by atoms with Crippen molar-refractivity contribution in [3.8, 4) is 11.5 Å². The second kappa shape index (κ2) is 5.71. The van der Waals surface area contributed by atoms with Crippen LogP contribution in [-0.4, -0.2) is 23.2 Å². The monoisotopic (exact) mass is 279 g/mol. The molecule has 0 saturated carbocycles. The van der Waals surface area contributed by atoms with E-state index in [1.807, 2.05) is 12.3 Å². The molecule has 2 aromatic rings. The molecule has 0 fully saturated rings. The molecule has 19 heavy (non-hydrogen) atoms. The minimum Gasteiger partial charge on any atom is -0.493 e. The lowest BCUT2D eigenvalue weighted by atomic mass is 10.2. The highest BCUT2D eigenvalue weighted by Crippen LogP contribution is 2.29. The van der Waals surface area contributed by atoms with Crippen LogP contribution in [0.5, 0.6) is 11.5 Å². The van der Waals surface area contributed by atoms with Gasteiger partial charge in [0.15, 0.2) is 11.5 Å². The van der Waals surface area contributed by atoms with E-state index < -0.39 is 5.97 Å². The van der Waals surface area contributed by atoms with Gasteiger partial charge in [-0.25, -0.2) is 9.78 Å². The van der Waals surface area contributed by atoms with Crippen LogP contribution in [-0.2, 0) is 6.61 Å². The summed E-state index contributed by atoms with van der Waals surface area (Å²) in [6.07, 6.45) is 0. The van der Waals surface area contributed by atoms with Gasteiger partial charge in [0.2, 0.25) is 0 Å². The molecule has 1 aromatic carbocycles. The first-order chi connectivity index (χ1) is 9.10. The van der Waals surface area contributed by atoms with Crippen molar-refractivity contribution in [1.29, 1.82) is 0 Å². The Balaban J connectivity index is 2.13. The molecule has 2 rings (SSSR count). The number of ether oxygens (including phenoxy) is 2. The average Bonchev–Trinajstić information content (AvgIpc) is 2.81. The lowest BCUT2D eigenvalue weighted by molar-refractivity contribution is 0.0696. The van der Waals surface area contributed by atoms with E-state index in [9.17, 15) is 4.79 Å². The number of aromatic carboxylic acids is 1. The molecule has 0 aliphatic rings. The summed E-state index contributed by atoms with van der Waals surface area (Å²) in [5.41, 5.74) is 1.12. The van der Waals surface area contributed by atoms with Crippen LogP contribution in [0.3, 0.4) is 0 Å². The van der Waals surface area contributed by atoms with Gasteiger partial charge in [-0.3, -0.25) is 0 Å². The van der Waals surface area contributed by atoms with Gasteiger partial charge in [0, 0.05) is 11.1 Å². The number of methoxy groups -OCH3 is 1. The van der Waals surface area contributed by atoms with Crippen molar-refractivity contribution in [1.82, 2.24) is 4.98 Å². The van der Waals surface area contributed by atoms with Crippen LogP contribution >= 0.6 is 11.3 Å². The van der Waals surface area contributed by atoms with Crippen LogP contribution in [0.1, 0.15) is 21.1 Å². The summed E-state index contributed by atoms with van der Waals surface area (Å²) in [7, 11) is 1.47. The van der Waals surface area contributed by atoms with Crippen LogP contribution in [0.2, 0.25) is 0 Å². The minimum atomic E-state index is -1.000. The van der Waals surface area contributed by atoms with Crippen LogP contribution in [0.4, 0.5) is 0 Å². The van der Waals surface area contributed by atoms with Gasteiger partial charge < -0.3 is 14.6 Å². The van der Waals surface area contributed by atoms with Crippen LogP contribution in [0.25, 0.3) is 0 Å². The number of aromatic nitrogens is 1. The SMILES string of the molecule is COc1cc(C(=O)O)ccc1OCc1nc(C)cs1. The normalized spacial score (nSPS) is 10.2. The fraction of sp³-hybridized carbons (Fsp3) is 0.231. The van der Waals surface area contributed by atoms with Crippen LogP contribution in [0.15, 0.2) is 23.6 Å². The summed E-state index contributed by atoms with van der Waals surface area (Å²) in [6.45, 7) is 2.25. The number of carbonyl (C=O) groups is 1. The summed E-state index contributed by atoms with van der Waals surface area (Å²) in [5.74, 6) is -0.103. The third-order valence-electron chi connectivity index (χ3n) is 2.43. The molecule has 1 N–H and O–H groups in total. The Hall–Kier alpha value is -2.08. The van der Waals surface area contributed by atoms with Gasteiger partial charge in [-0.05, 0) is 25.1 Å². The molecule has 0 aliphatic carbocycles. The van der Waals surface area contributed by atoms with Crippen molar-refractivity contribution in [2.24, 2.45) is 0 Å². The Kier molecular flexibility index (Phi) is 4.01. The Labute approximate surface area is 114 Å². The largest absolute Gasteiger partial charge is 0.493 e. The first-order valence-corrected chi connectivity index (χ1v) is 6.43. The van der Waals surface area contributed by atoms with E-state index in [0.29, 0.717) is 18.1 Å². The van der Waals surface area contributed by atoms with Crippen molar-refractivity contribution >= 4 is 17.3 Å². The molecule has 0 unspecified atom stereocenters. The van der Waals surface area contributed by atoms with Gasteiger partial charge in [-0.2, -0.15) is 0 Å². The van der Waals surface area contributed by atoms with Crippen molar-refractivity contribution in [2.75, 3.05) is 7.11 Å². The van der Waals surface area contributed by atoms with Gasteiger partial charge >= 0.3 is 5.97 Å². The highest BCUT2D eigenvalue weighted by molar-refractivity contribution is 7.09. The smallest absolute Gasteiger partial charge is 0.335 e. The fourth-order valence-corrected chi connectivity index (χ4v) is 2.21. The van der Waals surface area contributed by atoms with E-state index >= 15 is 0 Å². The molecular weight excluding hydrogens is 266 g/mol. The molecule has 1 aromatic heterocycles. The van der Waals surface area contributed by atoms with E-state index in [-0.39, 0.29) is 5.56 Å². The highest BCUT2D eigenvalue weighted by atomic mass is 32.1. The number of carboxylic acids is 1. The molecule has 0 atom stereocenters. The van der Waals surface area contributed by atoms with Gasteiger partial charge in [-0.1, -0.05) is 0 Å². The standard InChI is InChI=1S/C13H13NO4S/c1-8-7-19-12(14-8)6-18-10-4-3-9(13(15)16)5-11(10)17-2/h3-5,7H,6H2,1-2H3,(H,15,16). The molecule has 1 heterocycles. The number of carboxylic acid groups (broad SMARTS) is 1. The zero-order valence-electron chi connectivity index (χ0n) is 10.5. The van der Waals surface area contributed by atoms with Crippen molar-refractivity contribution in [3.05, 3.63) is 39.8 Å². The summed E-state index contributed by atoms with van der Waals surface area (Å²) < 4.78 is 10.7. The van der Waals surface area contributed by atoms with E-state index in [2.05, 4.69) is 4.98 Å². The quantitative estimate of drug-likeness (QED) is 0.911. The molecule has 0 bridgehead atoms. The summed E-state index contributed by atoms with van der Waals surface area (Å²) >= 11 is 1.52. The molecule has 0 saturated heterocycles. The highest BCUT2D eigenvalue weighted by Gasteiger charge is 2.10. The zero-order valence-corrected chi connectivity index (χ0v) is 11.4. The number of benzene rings is 1. The minimum absolute atomic E-state index is 0.161. The number of hydrogen-bond acceptors (Lipinski definition) is 5. The molecule has 100 valence electrons. The number of thiazole rings is 1. The summed E-state index contributed by atoms with van der Waals surface area (Å²) in [6, 6.07) is 4.50. The maximum atomic E-state index is 10.9. The van der Waals surface area contributed by atoms with Crippen molar-refractivity contribution in [2.45, 2.75) is 13.5 Å². The summed E-state index contributed by atoms with van der Waals surface area (Å²) in [4.78, 5) is 15.1. The molecule has 0 radical (unpaired) electrons. The number of rotatable bonds is 5.